The van der Waals surface area contributed by atoms with Gasteiger partial charge in [-0.3, -0.25) is 14.8 Å². The van der Waals surface area contributed by atoms with Crippen molar-refractivity contribution in [2.24, 2.45) is 0 Å². The molecule has 1 atom stereocenters. The molecular weight excluding hydrogens is 402 g/mol. The van der Waals surface area contributed by atoms with Crippen molar-refractivity contribution >= 4 is 17.5 Å². The minimum absolute atomic E-state index is 0.0319. The summed E-state index contributed by atoms with van der Waals surface area (Å²) in [7, 11) is 0. The van der Waals surface area contributed by atoms with Gasteiger partial charge in [0, 0.05) is 48.9 Å². The molecular formula is C22H24ClN5O2. The Morgan fingerprint density at radius 3 is 2.70 bits per heavy atom. The fraction of sp³-hybridized carbons (Fsp3) is 0.409. The second kappa shape index (κ2) is 8.92. The van der Waals surface area contributed by atoms with E-state index in [1.165, 1.54) is 0 Å². The molecule has 0 unspecified atom stereocenters. The fourth-order valence-electron chi connectivity index (χ4n) is 3.84. The van der Waals surface area contributed by atoms with Crippen LogP contribution in [0.5, 0.6) is 0 Å². The number of hydrogen-bond acceptors (Lipinski definition) is 6. The number of aromatic nitrogens is 4. The molecule has 1 aliphatic carbocycles. The van der Waals surface area contributed by atoms with Gasteiger partial charge in [0.25, 0.3) is 0 Å². The minimum atomic E-state index is -0.233. The maximum atomic E-state index is 12.3. The van der Waals surface area contributed by atoms with E-state index in [4.69, 9.17) is 16.0 Å². The lowest BCUT2D eigenvalue weighted by Crippen LogP contribution is -2.35. The molecule has 7 nitrogen and oxygen atoms in total. The first-order valence-corrected chi connectivity index (χ1v) is 10.6. The highest BCUT2D eigenvalue weighted by molar-refractivity contribution is 6.30. The van der Waals surface area contributed by atoms with Gasteiger partial charge in [0.1, 0.15) is 0 Å². The molecule has 0 saturated heterocycles. The zero-order valence-corrected chi connectivity index (χ0v) is 17.6. The van der Waals surface area contributed by atoms with E-state index in [-0.39, 0.29) is 17.4 Å². The predicted molar refractivity (Wildman–Crippen MR) is 112 cm³/mol. The molecule has 1 fully saturated rings. The molecule has 0 bridgehead atoms. The molecule has 2 aromatic heterocycles. The van der Waals surface area contributed by atoms with E-state index in [1.54, 1.807) is 18.6 Å². The van der Waals surface area contributed by atoms with E-state index in [9.17, 15) is 4.79 Å². The molecule has 0 radical (unpaired) electrons. The van der Waals surface area contributed by atoms with Gasteiger partial charge in [-0.1, -0.05) is 30.2 Å². The van der Waals surface area contributed by atoms with Crippen molar-refractivity contribution in [3.05, 3.63) is 70.9 Å². The number of rotatable bonds is 8. The number of carbonyl (C=O) groups is 1. The lowest BCUT2D eigenvalue weighted by molar-refractivity contribution is -0.121. The summed E-state index contributed by atoms with van der Waals surface area (Å²) in [5, 5.41) is 12.2. The second-order valence-corrected chi connectivity index (χ2v) is 8.25. The van der Waals surface area contributed by atoms with E-state index < -0.39 is 0 Å². The van der Waals surface area contributed by atoms with Crippen LogP contribution in [0.4, 0.5) is 0 Å². The molecule has 1 saturated carbocycles. The van der Waals surface area contributed by atoms with Crippen molar-refractivity contribution in [2.45, 2.75) is 56.9 Å². The van der Waals surface area contributed by atoms with Gasteiger partial charge in [-0.25, -0.2) is 0 Å². The summed E-state index contributed by atoms with van der Waals surface area (Å²) in [6, 6.07) is 7.80. The largest absolute Gasteiger partial charge is 0.424 e. The molecule has 8 heteroatoms. The first kappa shape index (κ1) is 20.5. The highest BCUT2D eigenvalue weighted by Crippen LogP contribution is 2.48. The first-order chi connectivity index (χ1) is 14.5. The van der Waals surface area contributed by atoms with Crippen molar-refractivity contribution < 1.29 is 9.21 Å². The van der Waals surface area contributed by atoms with Gasteiger partial charge in [0.2, 0.25) is 17.7 Å². The molecule has 1 aromatic carbocycles. The Morgan fingerprint density at radius 2 is 2.03 bits per heavy atom. The summed E-state index contributed by atoms with van der Waals surface area (Å²) < 4.78 is 5.97. The van der Waals surface area contributed by atoms with Crippen LogP contribution < -0.4 is 5.32 Å². The standard InChI is InChI=1S/C22H24ClN5O2/c1-15(13-18-14-24-11-12-25-18)26-19(29)7-8-20-27-28-21(30-20)22(9-2-10-22)16-3-5-17(23)6-4-16/h3-6,11-12,14-15H,2,7-10,13H2,1H3,(H,26,29)/t15-/m1/s1. The normalized spacial score (nSPS) is 15.9. The Balaban J connectivity index is 1.33. The quantitative estimate of drug-likeness (QED) is 0.591. The Bertz CT molecular complexity index is 986. The van der Waals surface area contributed by atoms with Gasteiger partial charge in [-0.05, 0) is 37.5 Å². The lowest BCUT2D eigenvalue weighted by atomic mass is 9.64. The predicted octanol–water partition coefficient (Wildman–Crippen LogP) is 3.66. The molecule has 1 amide bonds. The van der Waals surface area contributed by atoms with Crippen LogP contribution in [0.3, 0.4) is 0 Å². The average Bonchev–Trinajstić information content (AvgIpc) is 3.17. The summed E-state index contributed by atoms with van der Waals surface area (Å²) in [6.07, 6.45) is 9.38. The van der Waals surface area contributed by atoms with Gasteiger partial charge >= 0.3 is 0 Å². The zero-order valence-electron chi connectivity index (χ0n) is 16.8. The summed E-state index contributed by atoms with van der Waals surface area (Å²) in [5.41, 5.74) is 1.76. The third kappa shape index (κ3) is 4.51. The number of nitrogens with one attached hydrogen (secondary N) is 1. The van der Waals surface area contributed by atoms with Gasteiger partial charge in [0.05, 0.1) is 11.1 Å². The Labute approximate surface area is 180 Å². The second-order valence-electron chi connectivity index (χ2n) is 7.81. The van der Waals surface area contributed by atoms with Crippen LogP contribution in [0.2, 0.25) is 5.02 Å². The highest BCUT2D eigenvalue weighted by atomic mass is 35.5. The van der Waals surface area contributed by atoms with Crippen molar-refractivity contribution in [3.63, 3.8) is 0 Å². The molecule has 1 aliphatic rings. The van der Waals surface area contributed by atoms with Crippen molar-refractivity contribution in [1.82, 2.24) is 25.5 Å². The molecule has 2 heterocycles. The third-order valence-electron chi connectivity index (χ3n) is 5.59. The Morgan fingerprint density at radius 1 is 1.23 bits per heavy atom. The van der Waals surface area contributed by atoms with Crippen molar-refractivity contribution in [2.75, 3.05) is 0 Å². The summed E-state index contributed by atoms with van der Waals surface area (Å²) >= 11 is 6.03. The number of amides is 1. The lowest BCUT2D eigenvalue weighted by Gasteiger charge is -2.39. The first-order valence-electron chi connectivity index (χ1n) is 10.2. The number of carbonyl (C=O) groups excluding carboxylic acids is 1. The topological polar surface area (TPSA) is 93.8 Å². The van der Waals surface area contributed by atoms with E-state index in [2.05, 4.69) is 25.5 Å². The number of hydrogen-bond donors (Lipinski definition) is 1. The van der Waals surface area contributed by atoms with Crippen LogP contribution in [-0.4, -0.2) is 32.1 Å². The summed E-state index contributed by atoms with van der Waals surface area (Å²) in [4.78, 5) is 20.6. The van der Waals surface area contributed by atoms with Crippen LogP contribution in [0, 0.1) is 0 Å². The maximum Gasteiger partial charge on any atom is 0.227 e. The van der Waals surface area contributed by atoms with Crippen LogP contribution in [-0.2, 0) is 23.1 Å². The van der Waals surface area contributed by atoms with Gasteiger partial charge in [-0.2, -0.15) is 0 Å². The number of halogens is 1. The highest BCUT2D eigenvalue weighted by Gasteiger charge is 2.45. The van der Waals surface area contributed by atoms with Crippen LogP contribution in [0.1, 0.15) is 55.6 Å². The summed E-state index contributed by atoms with van der Waals surface area (Å²) in [5.74, 6) is 1.06. The fourth-order valence-corrected chi connectivity index (χ4v) is 3.97. The molecule has 0 aliphatic heterocycles. The number of benzene rings is 1. The van der Waals surface area contributed by atoms with Crippen LogP contribution in [0.15, 0.2) is 47.3 Å². The van der Waals surface area contributed by atoms with Crippen molar-refractivity contribution in [3.8, 4) is 0 Å². The van der Waals surface area contributed by atoms with E-state index in [0.717, 1.165) is 30.5 Å². The minimum Gasteiger partial charge on any atom is -0.424 e. The SMILES string of the molecule is C[C@H](Cc1cnccn1)NC(=O)CCc1nnc(C2(c3ccc(Cl)cc3)CCC2)o1. The molecule has 30 heavy (non-hydrogen) atoms. The Hall–Kier alpha value is -2.80. The van der Waals surface area contributed by atoms with Gasteiger partial charge < -0.3 is 9.73 Å². The molecule has 4 rings (SSSR count). The summed E-state index contributed by atoms with van der Waals surface area (Å²) in [6.45, 7) is 1.95. The smallest absolute Gasteiger partial charge is 0.227 e. The van der Waals surface area contributed by atoms with E-state index >= 15 is 0 Å². The maximum absolute atomic E-state index is 12.3. The monoisotopic (exact) mass is 425 g/mol. The van der Waals surface area contributed by atoms with E-state index in [0.29, 0.717) is 36.1 Å². The molecule has 0 spiro atoms. The molecule has 1 N–H and O–H groups in total. The van der Waals surface area contributed by atoms with E-state index in [1.807, 2.05) is 31.2 Å². The van der Waals surface area contributed by atoms with Crippen molar-refractivity contribution in [1.29, 1.82) is 0 Å². The van der Waals surface area contributed by atoms with Crippen LogP contribution >= 0.6 is 11.6 Å². The molecule has 156 valence electrons. The Kier molecular flexibility index (Phi) is 6.08. The number of nitrogens with zero attached hydrogens (tertiary/aromatic N) is 4. The third-order valence-corrected chi connectivity index (χ3v) is 5.84. The van der Waals surface area contributed by atoms with Gasteiger partial charge in [-0.15, -0.1) is 10.2 Å². The zero-order chi connectivity index (χ0) is 21.0. The molecule has 3 aromatic rings. The van der Waals surface area contributed by atoms with Gasteiger partial charge in [0.15, 0.2) is 0 Å². The number of aryl methyl sites for hydroxylation is 1. The van der Waals surface area contributed by atoms with Crippen LogP contribution in [0.25, 0.3) is 0 Å². The average molecular weight is 426 g/mol.